The Bertz CT molecular complexity index is 498. The number of amidine groups is 1. The van der Waals surface area contributed by atoms with Gasteiger partial charge in [0.25, 0.3) is 5.91 Å². The summed E-state index contributed by atoms with van der Waals surface area (Å²) in [7, 11) is 0. The molecule has 17 heavy (non-hydrogen) atoms. The summed E-state index contributed by atoms with van der Waals surface area (Å²) in [5.41, 5.74) is 16.0. The Morgan fingerprint density at radius 2 is 2.06 bits per heavy atom. The minimum atomic E-state index is -0.468. The van der Waals surface area contributed by atoms with Gasteiger partial charge >= 0.3 is 0 Å². The molecule has 1 aromatic heterocycles. The second-order valence-corrected chi connectivity index (χ2v) is 3.39. The first-order valence-corrected chi connectivity index (χ1v) is 4.78. The fourth-order valence-electron chi connectivity index (χ4n) is 0.895. The van der Waals surface area contributed by atoms with Crippen LogP contribution in [0.2, 0.25) is 0 Å². The molecule has 0 aliphatic heterocycles. The van der Waals surface area contributed by atoms with Crippen LogP contribution in [0.1, 0.15) is 4.79 Å². The number of aliphatic imine (C=N–C) groups is 1. The summed E-state index contributed by atoms with van der Waals surface area (Å²) in [6, 6.07) is 0. The van der Waals surface area contributed by atoms with Gasteiger partial charge in [-0.05, 0) is 0 Å². The SMILES string of the molecule is C=C(C(=O)n1ccnc1)/C(N)=N\C(N)=C(/N)Cl. The Hall–Kier alpha value is -2.28. The molecule has 0 aliphatic carbocycles. The number of aromatic nitrogens is 2. The molecule has 0 saturated heterocycles. The van der Waals surface area contributed by atoms with Gasteiger partial charge in [0.05, 0.1) is 5.57 Å². The van der Waals surface area contributed by atoms with Crippen LogP contribution in [0.15, 0.2) is 46.8 Å². The van der Waals surface area contributed by atoms with E-state index in [0.29, 0.717) is 0 Å². The number of hydrogen-bond donors (Lipinski definition) is 3. The molecule has 1 heterocycles. The van der Waals surface area contributed by atoms with Crippen LogP contribution in [0.25, 0.3) is 0 Å². The lowest BCUT2D eigenvalue weighted by Crippen LogP contribution is -2.25. The maximum atomic E-state index is 11.7. The zero-order valence-electron chi connectivity index (χ0n) is 8.80. The topological polar surface area (TPSA) is 125 Å². The van der Waals surface area contributed by atoms with Crippen LogP contribution in [-0.4, -0.2) is 21.3 Å². The van der Waals surface area contributed by atoms with Gasteiger partial charge in [0, 0.05) is 12.4 Å². The second-order valence-electron chi connectivity index (χ2n) is 2.98. The van der Waals surface area contributed by atoms with E-state index in [1.54, 1.807) is 0 Å². The largest absolute Gasteiger partial charge is 0.386 e. The van der Waals surface area contributed by atoms with Gasteiger partial charge in [-0.15, -0.1) is 0 Å². The molecule has 90 valence electrons. The number of imidazole rings is 1. The summed E-state index contributed by atoms with van der Waals surface area (Å²) in [5, 5.41) is -0.212. The van der Waals surface area contributed by atoms with Gasteiger partial charge < -0.3 is 17.2 Å². The van der Waals surface area contributed by atoms with Crippen LogP contribution >= 0.6 is 11.6 Å². The summed E-state index contributed by atoms with van der Waals surface area (Å²) in [6.07, 6.45) is 4.22. The molecule has 0 radical (unpaired) electrons. The number of halogens is 1. The molecule has 0 unspecified atom stereocenters. The highest BCUT2D eigenvalue weighted by Gasteiger charge is 2.13. The molecule has 1 aromatic rings. The van der Waals surface area contributed by atoms with Crippen molar-refractivity contribution in [1.29, 1.82) is 0 Å². The fraction of sp³-hybridized carbons (Fsp3) is 0. The number of nitrogens with two attached hydrogens (primary N) is 3. The lowest BCUT2D eigenvalue weighted by atomic mass is 10.2. The maximum absolute atomic E-state index is 11.7. The van der Waals surface area contributed by atoms with Gasteiger partial charge in [-0.2, -0.15) is 0 Å². The van der Waals surface area contributed by atoms with Crippen LogP contribution in [0.4, 0.5) is 0 Å². The van der Waals surface area contributed by atoms with E-state index < -0.39 is 5.91 Å². The smallest absolute Gasteiger partial charge is 0.266 e. The predicted molar refractivity (Wildman–Crippen MR) is 64.9 cm³/mol. The summed E-state index contributed by atoms with van der Waals surface area (Å²) in [4.78, 5) is 19.1. The molecule has 7 nitrogen and oxygen atoms in total. The van der Waals surface area contributed by atoms with Crippen molar-refractivity contribution in [3.8, 4) is 0 Å². The monoisotopic (exact) mass is 254 g/mol. The van der Waals surface area contributed by atoms with Crippen molar-refractivity contribution >= 4 is 23.3 Å². The Balaban J connectivity index is 2.92. The standard InChI is InChI=1S/C9H11ClN6O/c1-5(7(12)15-8(13)6(10)11)9(17)16-3-2-14-4-16/h2-4H,1,11,13H2,(H2,12,15)/b8-6-. The number of nitrogens with zero attached hydrogens (tertiary/aromatic N) is 3. The molecule has 0 bridgehead atoms. The van der Waals surface area contributed by atoms with Crippen molar-refractivity contribution in [2.24, 2.45) is 22.2 Å². The maximum Gasteiger partial charge on any atom is 0.266 e. The summed E-state index contributed by atoms with van der Waals surface area (Å²) in [5.74, 6) is -0.807. The molecular formula is C9H11ClN6O. The van der Waals surface area contributed by atoms with E-state index in [4.69, 9.17) is 28.8 Å². The van der Waals surface area contributed by atoms with Gasteiger partial charge in [-0.25, -0.2) is 9.98 Å². The van der Waals surface area contributed by atoms with Crippen LogP contribution < -0.4 is 17.2 Å². The highest BCUT2D eigenvalue weighted by molar-refractivity contribution is 6.29. The van der Waals surface area contributed by atoms with Crippen molar-refractivity contribution in [3.05, 3.63) is 41.9 Å². The van der Waals surface area contributed by atoms with E-state index in [1.807, 2.05) is 0 Å². The Kier molecular flexibility index (Phi) is 3.89. The first-order chi connectivity index (χ1) is 7.93. The number of rotatable bonds is 3. The minimum Gasteiger partial charge on any atom is -0.386 e. The lowest BCUT2D eigenvalue weighted by molar-refractivity contribution is 0.0962. The van der Waals surface area contributed by atoms with Crippen LogP contribution in [0.5, 0.6) is 0 Å². The molecule has 0 saturated carbocycles. The molecule has 1 rings (SSSR count). The van der Waals surface area contributed by atoms with Gasteiger partial charge in [0.1, 0.15) is 17.3 Å². The minimum absolute atomic E-state index is 0.0381. The van der Waals surface area contributed by atoms with Crippen molar-refractivity contribution in [3.63, 3.8) is 0 Å². The van der Waals surface area contributed by atoms with Crippen molar-refractivity contribution in [2.75, 3.05) is 0 Å². The van der Waals surface area contributed by atoms with E-state index in [-0.39, 0.29) is 22.4 Å². The van der Waals surface area contributed by atoms with Crippen molar-refractivity contribution < 1.29 is 4.79 Å². The fourth-order valence-corrected chi connectivity index (χ4v) is 0.938. The average Bonchev–Trinajstić information content (AvgIpc) is 2.80. The molecule has 0 aliphatic rings. The van der Waals surface area contributed by atoms with Gasteiger partial charge in [0.2, 0.25) is 0 Å². The van der Waals surface area contributed by atoms with E-state index in [9.17, 15) is 4.79 Å². The average molecular weight is 255 g/mol. The normalized spacial score (nSPS) is 13.1. The van der Waals surface area contributed by atoms with E-state index in [1.165, 1.54) is 23.3 Å². The quantitative estimate of drug-likeness (QED) is 0.296. The Labute approximate surface area is 102 Å². The van der Waals surface area contributed by atoms with E-state index >= 15 is 0 Å². The molecular weight excluding hydrogens is 244 g/mol. The van der Waals surface area contributed by atoms with E-state index in [0.717, 1.165) is 0 Å². The zero-order valence-corrected chi connectivity index (χ0v) is 9.55. The first-order valence-electron chi connectivity index (χ1n) is 4.40. The summed E-state index contributed by atoms with van der Waals surface area (Å²) >= 11 is 5.40. The molecule has 8 heteroatoms. The molecule has 0 fully saturated rings. The van der Waals surface area contributed by atoms with Crippen molar-refractivity contribution in [1.82, 2.24) is 9.55 Å². The van der Waals surface area contributed by atoms with Gasteiger partial charge in [-0.3, -0.25) is 9.36 Å². The van der Waals surface area contributed by atoms with Gasteiger partial charge in [-0.1, -0.05) is 18.2 Å². The van der Waals surface area contributed by atoms with E-state index in [2.05, 4.69) is 16.6 Å². The Morgan fingerprint density at radius 3 is 2.53 bits per heavy atom. The van der Waals surface area contributed by atoms with Crippen molar-refractivity contribution in [2.45, 2.75) is 0 Å². The number of carbonyl (C=O) groups is 1. The molecule has 0 amide bonds. The van der Waals surface area contributed by atoms with Crippen LogP contribution in [0, 0.1) is 0 Å². The number of carbonyl (C=O) groups excluding carboxylic acids is 1. The van der Waals surface area contributed by atoms with Crippen LogP contribution in [-0.2, 0) is 0 Å². The zero-order chi connectivity index (χ0) is 13.0. The summed E-state index contributed by atoms with van der Waals surface area (Å²) < 4.78 is 1.20. The highest BCUT2D eigenvalue weighted by Crippen LogP contribution is 2.02. The lowest BCUT2D eigenvalue weighted by Gasteiger charge is -2.04. The highest BCUT2D eigenvalue weighted by atomic mass is 35.5. The molecule has 6 N–H and O–H groups in total. The molecule has 0 spiro atoms. The number of hydrogen-bond acceptors (Lipinski definition) is 5. The van der Waals surface area contributed by atoms with Crippen LogP contribution in [0.3, 0.4) is 0 Å². The first kappa shape index (κ1) is 12.8. The molecule has 0 aromatic carbocycles. The third kappa shape index (κ3) is 3.08. The molecule has 0 atom stereocenters. The third-order valence-corrected chi connectivity index (χ3v) is 1.99. The van der Waals surface area contributed by atoms with Gasteiger partial charge in [0.15, 0.2) is 5.82 Å². The third-order valence-electron chi connectivity index (χ3n) is 1.79. The predicted octanol–water partition coefficient (Wildman–Crippen LogP) is -0.280. The second kappa shape index (κ2) is 5.17. The Morgan fingerprint density at radius 1 is 1.41 bits per heavy atom. The summed E-state index contributed by atoms with van der Waals surface area (Å²) in [6.45, 7) is 3.51.